The van der Waals surface area contributed by atoms with Gasteiger partial charge < -0.3 is 5.32 Å². The van der Waals surface area contributed by atoms with Gasteiger partial charge >= 0.3 is 0 Å². The molecule has 1 N–H and O–H groups in total. The van der Waals surface area contributed by atoms with Crippen molar-refractivity contribution in [2.45, 2.75) is 44.6 Å². The number of fused-ring (bicyclic) bond motifs is 1. The van der Waals surface area contributed by atoms with E-state index in [0.29, 0.717) is 28.5 Å². The highest BCUT2D eigenvalue weighted by Gasteiger charge is 2.32. The average molecular weight is 539 g/mol. The van der Waals surface area contributed by atoms with Crippen LogP contribution in [0.1, 0.15) is 29.7 Å². The lowest BCUT2D eigenvalue weighted by Crippen LogP contribution is -2.36. The SMILES string of the molecule is Cc1ccc(NC(=O)Cn2cnc3sc(C)c(S(=O)(=O)N4CCCCC4)c3c2=O)c(Br)c1. The maximum atomic E-state index is 13.3. The number of aromatic nitrogens is 2. The quantitative estimate of drug-likeness (QED) is 0.534. The predicted molar refractivity (Wildman–Crippen MR) is 129 cm³/mol. The summed E-state index contributed by atoms with van der Waals surface area (Å²) < 4.78 is 30.0. The van der Waals surface area contributed by atoms with E-state index in [2.05, 4.69) is 26.2 Å². The molecule has 1 fully saturated rings. The number of aryl methyl sites for hydroxylation is 2. The highest BCUT2D eigenvalue weighted by molar-refractivity contribution is 9.10. The standard InChI is InChI=1S/C21H23BrN4O4S2/c1-13-6-7-16(15(22)10-13)24-17(27)11-25-12-23-20-18(21(25)28)19(14(2)31-20)32(29,30)26-8-4-3-5-9-26/h6-7,10,12H,3-5,8-9,11H2,1-2H3,(H,24,27). The summed E-state index contributed by atoms with van der Waals surface area (Å²) in [5.41, 5.74) is 1.09. The molecule has 170 valence electrons. The molecule has 32 heavy (non-hydrogen) atoms. The highest BCUT2D eigenvalue weighted by Crippen LogP contribution is 2.33. The Hall–Kier alpha value is -2.08. The van der Waals surface area contributed by atoms with Crippen molar-refractivity contribution in [3.05, 3.63) is 49.8 Å². The lowest BCUT2D eigenvalue weighted by Gasteiger charge is -2.25. The number of rotatable bonds is 5. The van der Waals surface area contributed by atoms with Crippen molar-refractivity contribution in [1.82, 2.24) is 13.9 Å². The van der Waals surface area contributed by atoms with E-state index in [9.17, 15) is 18.0 Å². The Morgan fingerprint density at radius 2 is 1.94 bits per heavy atom. The molecule has 0 saturated carbocycles. The second kappa shape index (κ2) is 9.05. The molecule has 0 spiro atoms. The van der Waals surface area contributed by atoms with Crippen LogP contribution in [-0.4, -0.2) is 41.3 Å². The Balaban J connectivity index is 1.68. The number of piperidine rings is 1. The summed E-state index contributed by atoms with van der Waals surface area (Å²) in [6.45, 7) is 4.24. The van der Waals surface area contributed by atoms with Crippen LogP contribution >= 0.6 is 27.3 Å². The number of thiophene rings is 1. The van der Waals surface area contributed by atoms with Gasteiger partial charge in [0.1, 0.15) is 16.3 Å². The lowest BCUT2D eigenvalue weighted by atomic mass is 10.2. The lowest BCUT2D eigenvalue weighted by molar-refractivity contribution is -0.116. The van der Waals surface area contributed by atoms with Crippen molar-refractivity contribution in [2.24, 2.45) is 0 Å². The van der Waals surface area contributed by atoms with Crippen LogP contribution in [0.5, 0.6) is 0 Å². The molecule has 1 aliphatic heterocycles. The number of nitrogens with one attached hydrogen (secondary N) is 1. The molecule has 0 atom stereocenters. The molecule has 3 heterocycles. The molecule has 1 saturated heterocycles. The molecule has 0 bridgehead atoms. The van der Waals surface area contributed by atoms with Crippen molar-refractivity contribution < 1.29 is 13.2 Å². The molecule has 8 nitrogen and oxygen atoms in total. The van der Waals surface area contributed by atoms with Gasteiger partial charge in [-0.3, -0.25) is 14.2 Å². The molecule has 2 aromatic heterocycles. The van der Waals surface area contributed by atoms with Crippen molar-refractivity contribution in [3.63, 3.8) is 0 Å². The number of carbonyl (C=O) groups excluding carboxylic acids is 1. The molecule has 0 unspecified atom stereocenters. The molecular formula is C21H23BrN4O4S2. The number of anilines is 1. The summed E-state index contributed by atoms with van der Waals surface area (Å²) >= 11 is 4.59. The van der Waals surface area contributed by atoms with Gasteiger partial charge in [-0.05, 0) is 60.3 Å². The van der Waals surface area contributed by atoms with Crippen molar-refractivity contribution >= 4 is 59.1 Å². The van der Waals surface area contributed by atoms with Gasteiger partial charge in [0.15, 0.2) is 0 Å². The molecule has 0 aliphatic carbocycles. The monoisotopic (exact) mass is 538 g/mol. The van der Waals surface area contributed by atoms with E-state index in [0.717, 1.165) is 33.9 Å². The van der Waals surface area contributed by atoms with Crippen LogP contribution in [-0.2, 0) is 21.4 Å². The topological polar surface area (TPSA) is 101 Å². The number of benzene rings is 1. The van der Waals surface area contributed by atoms with Crippen LogP contribution in [0.2, 0.25) is 0 Å². The van der Waals surface area contributed by atoms with E-state index >= 15 is 0 Å². The zero-order chi connectivity index (χ0) is 23.0. The van der Waals surface area contributed by atoms with Gasteiger partial charge in [-0.15, -0.1) is 11.3 Å². The normalized spacial score (nSPS) is 15.2. The summed E-state index contributed by atoms with van der Waals surface area (Å²) in [4.78, 5) is 31.0. The Kier molecular flexibility index (Phi) is 6.53. The van der Waals surface area contributed by atoms with E-state index in [1.54, 1.807) is 13.0 Å². The number of hydrogen-bond donors (Lipinski definition) is 1. The van der Waals surface area contributed by atoms with Gasteiger partial charge in [-0.1, -0.05) is 12.5 Å². The Labute approximate surface area is 198 Å². The van der Waals surface area contributed by atoms with E-state index in [4.69, 9.17) is 0 Å². The summed E-state index contributed by atoms with van der Waals surface area (Å²) in [6.07, 6.45) is 3.90. The molecule has 3 aromatic rings. The summed E-state index contributed by atoms with van der Waals surface area (Å²) in [5.74, 6) is -0.412. The zero-order valence-electron chi connectivity index (χ0n) is 17.7. The first-order valence-electron chi connectivity index (χ1n) is 10.2. The van der Waals surface area contributed by atoms with Gasteiger partial charge in [0.2, 0.25) is 15.9 Å². The van der Waals surface area contributed by atoms with Crippen LogP contribution in [0.3, 0.4) is 0 Å². The number of carbonyl (C=O) groups is 1. The van der Waals surface area contributed by atoms with E-state index in [1.807, 2.05) is 19.1 Å². The Morgan fingerprint density at radius 1 is 1.22 bits per heavy atom. The maximum Gasteiger partial charge on any atom is 0.263 e. The van der Waals surface area contributed by atoms with Crippen LogP contribution in [0, 0.1) is 13.8 Å². The average Bonchev–Trinajstić information content (AvgIpc) is 3.10. The highest BCUT2D eigenvalue weighted by atomic mass is 79.9. The minimum atomic E-state index is -3.82. The fraction of sp³-hybridized carbons (Fsp3) is 0.381. The first-order chi connectivity index (χ1) is 15.2. The van der Waals surface area contributed by atoms with Gasteiger partial charge in [-0.25, -0.2) is 13.4 Å². The molecule has 11 heteroatoms. The second-order valence-electron chi connectivity index (χ2n) is 7.84. The molecular weight excluding hydrogens is 516 g/mol. The third-order valence-corrected chi connectivity index (χ3v) is 9.29. The number of halogens is 1. The van der Waals surface area contributed by atoms with Gasteiger partial charge in [0.05, 0.1) is 17.4 Å². The van der Waals surface area contributed by atoms with Crippen LogP contribution < -0.4 is 10.9 Å². The fourth-order valence-corrected chi connectivity index (χ4v) is 7.61. The van der Waals surface area contributed by atoms with Crippen LogP contribution in [0.4, 0.5) is 5.69 Å². The van der Waals surface area contributed by atoms with E-state index in [-0.39, 0.29) is 16.8 Å². The first kappa shape index (κ1) is 23.1. The maximum absolute atomic E-state index is 13.3. The minimum Gasteiger partial charge on any atom is -0.324 e. The molecule has 0 radical (unpaired) electrons. The first-order valence-corrected chi connectivity index (χ1v) is 13.3. The fourth-order valence-electron chi connectivity index (χ4n) is 3.84. The number of hydrogen-bond acceptors (Lipinski definition) is 6. The van der Waals surface area contributed by atoms with Crippen molar-refractivity contribution in [1.29, 1.82) is 0 Å². The largest absolute Gasteiger partial charge is 0.324 e. The third kappa shape index (κ3) is 4.39. The van der Waals surface area contributed by atoms with Gasteiger partial charge in [-0.2, -0.15) is 4.31 Å². The number of amides is 1. The van der Waals surface area contributed by atoms with Crippen molar-refractivity contribution in [2.75, 3.05) is 18.4 Å². The van der Waals surface area contributed by atoms with E-state index in [1.165, 1.54) is 22.0 Å². The van der Waals surface area contributed by atoms with E-state index < -0.39 is 21.5 Å². The number of nitrogens with zero attached hydrogens (tertiary/aromatic N) is 3. The minimum absolute atomic E-state index is 0.0212. The molecule has 1 aromatic carbocycles. The Bertz CT molecular complexity index is 1360. The summed E-state index contributed by atoms with van der Waals surface area (Å²) in [5, 5.41) is 2.83. The van der Waals surface area contributed by atoms with Crippen LogP contribution in [0.15, 0.2) is 38.7 Å². The smallest absolute Gasteiger partial charge is 0.263 e. The molecule has 1 amide bonds. The molecule has 4 rings (SSSR count). The van der Waals surface area contributed by atoms with Gasteiger partial charge in [0.25, 0.3) is 5.56 Å². The summed E-state index contributed by atoms with van der Waals surface area (Å²) in [6, 6.07) is 5.51. The Morgan fingerprint density at radius 3 is 2.62 bits per heavy atom. The second-order valence-corrected chi connectivity index (χ2v) is 11.8. The summed E-state index contributed by atoms with van der Waals surface area (Å²) in [7, 11) is -3.82. The number of sulfonamides is 1. The van der Waals surface area contributed by atoms with Crippen LogP contribution in [0.25, 0.3) is 10.2 Å². The van der Waals surface area contributed by atoms with Gasteiger partial charge in [0, 0.05) is 22.4 Å². The van der Waals surface area contributed by atoms with Crippen molar-refractivity contribution in [3.8, 4) is 0 Å². The zero-order valence-corrected chi connectivity index (χ0v) is 20.9. The molecule has 1 aliphatic rings. The third-order valence-electron chi connectivity index (χ3n) is 5.43. The predicted octanol–water partition coefficient (Wildman–Crippen LogP) is 3.65.